The minimum absolute atomic E-state index is 0.230. The van der Waals surface area contributed by atoms with E-state index in [1.165, 1.54) is 0 Å². The molecular weight excluding hydrogens is 518 g/mol. The Bertz CT molecular complexity index is 1400. The molecule has 1 unspecified atom stereocenters. The number of likely N-dealkylation sites (tertiary alicyclic amines) is 1. The highest BCUT2D eigenvalue weighted by Crippen LogP contribution is 2.35. The number of hydrogen-bond donors (Lipinski definition) is 2. The number of Topliss-reactive ketones (excluding diaryl/α,β-unsaturated/α-hetero) is 1. The zero-order chi connectivity index (χ0) is 29.6. The zero-order valence-corrected chi connectivity index (χ0v) is 24.2. The van der Waals surface area contributed by atoms with Crippen molar-refractivity contribution in [3.63, 3.8) is 0 Å². The minimum atomic E-state index is -1.04. The fourth-order valence-electron chi connectivity index (χ4n) is 5.23. The van der Waals surface area contributed by atoms with Crippen LogP contribution < -0.4 is 10.6 Å². The summed E-state index contributed by atoms with van der Waals surface area (Å²) in [6.07, 6.45) is 0.532. The van der Waals surface area contributed by atoms with Crippen LogP contribution in [0.5, 0.6) is 0 Å². The summed E-state index contributed by atoms with van der Waals surface area (Å²) in [4.78, 5) is 54.1. The van der Waals surface area contributed by atoms with E-state index in [0.717, 1.165) is 22.8 Å². The topological polar surface area (TPSA) is 105 Å². The van der Waals surface area contributed by atoms with Gasteiger partial charge in [0.15, 0.2) is 6.23 Å². The number of rotatable bonds is 10. The van der Waals surface area contributed by atoms with Crippen LogP contribution in [0.4, 0.5) is 4.79 Å². The van der Waals surface area contributed by atoms with E-state index in [-0.39, 0.29) is 17.4 Å². The van der Waals surface area contributed by atoms with Crippen LogP contribution in [0, 0.1) is 5.41 Å². The van der Waals surface area contributed by atoms with E-state index in [2.05, 4.69) is 10.6 Å². The number of alkyl carbamates (subject to hydrolysis) is 1. The van der Waals surface area contributed by atoms with Crippen LogP contribution in [0.2, 0.25) is 0 Å². The van der Waals surface area contributed by atoms with Crippen molar-refractivity contribution in [2.24, 2.45) is 5.41 Å². The van der Waals surface area contributed by atoms with Crippen LogP contribution in [0.3, 0.4) is 0 Å². The predicted octanol–water partition coefficient (Wildman–Crippen LogP) is 5.77. The lowest BCUT2D eigenvalue weighted by Gasteiger charge is -2.26. The molecule has 41 heavy (non-hydrogen) atoms. The first-order chi connectivity index (χ1) is 19.6. The molecule has 3 aromatic rings. The quantitative estimate of drug-likeness (QED) is 0.308. The highest BCUT2D eigenvalue weighted by Gasteiger charge is 2.43. The molecule has 3 atom stereocenters. The van der Waals surface area contributed by atoms with Crippen LogP contribution in [0.1, 0.15) is 75.3 Å². The Morgan fingerprint density at radius 3 is 2.34 bits per heavy atom. The molecule has 8 nitrogen and oxygen atoms in total. The smallest absolute Gasteiger partial charge is 0.409 e. The van der Waals surface area contributed by atoms with E-state index in [4.69, 9.17) is 4.74 Å². The van der Waals surface area contributed by atoms with Gasteiger partial charge in [-0.05, 0) is 47.2 Å². The normalized spacial score (nSPS) is 17.5. The van der Waals surface area contributed by atoms with E-state index >= 15 is 0 Å². The van der Waals surface area contributed by atoms with Gasteiger partial charge in [0.1, 0.15) is 6.04 Å². The molecule has 0 bridgehead atoms. The van der Waals surface area contributed by atoms with Crippen molar-refractivity contribution in [2.75, 3.05) is 6.54 Å². The van der Waals surface area contributed by atoms with Crippen molar-refractivity contribution in [1.82, 2.24) is 15.5 Å². The monoisotopic (exact) mass is 557 g/mol. The van der Waals surface area contributed by atoms with Gasteiger partial charge in [0.05, 0.1) is 6.04 Å². The summed E-state index contributed by atoms with van der Waals surface area (Å²) in [7, 11) is 0. The first-order valence-electron chi connectivity index (χ1n) is 14.2. The van der Waals surface area contributed by atoms with Crippen molar-refractivity contribution >= 4 is 34.5 Å². The van der Waals surface area contributed by atoms with E-state index in [1.807, 2.05) is 87.5 Å². The number of amides is 3. The van der Waals surface area contributed by atoms with Gasteiger partial charge < -0.3 is 20.3 Å². The molecule has 1 aliphatic rings. The van der Waals surface area contributed by atoms with E-state index < -0.39 is 30.1 Å². The molecule has 4 rings (SSSR count). The van der Waals surface area contributed by atoms with Crippen molar-refractivity contribution in [3.05, 3.63) is 83.9 Å². The molecular formula is C33H39N3O5. The highest BCUT2D eigenvalue weighted by molar-refractivity contribution is 6.38. The molecule has 2 N–H and O–H groups in total. The summed E-state index contributed by atoms with van der Waals surface area (Å²) in [6, 6.07) is 21.2. The van der Waals surface area contributed by atoms with E-state index in [1.54, 1.807) is 17.9 Å². The molecule has 0 spiro atoms. The Morgan fingerprint density at radius 2 is 1.63 bits per heavy atom. The number of ether oxygens (including phenoxy) is 1. The van der Waals surface area contributed by atoms with Gasteiger partial charge in [-0.3, -0.25) is 14.4 Å². The molecule has 3 amide bonds. The Kier molecular flexibility index (Phi) is 9.42. The lowest BCUT2D eigenvalue weighted by molar-refractivity contribution is -0.139. The fourth-order valence-corrected chi connectivity index (χ4v) is 5.23. The molecule has 216 valence electrons. The minimum Gasteiger partial charge on any atom is -0.425 e. The molecule has 1 saturated heterocycles. The van der Waals surface area contributed by atoms with Gasteiger partial charge in [-0.2, -0.15) is 0 Å². The SMILES string of the molecule is CCCC[C@H](NC(=O)OC1CC(C)(C)CN1C(=O)c1ccc2ccccc2c1)C(=O)C(=O)N[C@H](C)c1ccccc1. The largest absolute Gasteiger partial charge is 0.425 e. The van der Waals surface area contributed by atoms with Gasteiger partial charge in [-0.25, -0.2) is 4.79 Å². The molecule has 3 aromatic carbocycles. The summed E-state index contributed by atoms with van der Waals surface area (Å²) in [5.74, 6) is -1.72. The Balaban J connectivity index is 1.44. The summed E-state index contributed by atoms with van der Waals surface area (Å²) >= 11 is 0. The molecule has 0 saturated carbocycles. The van der Waals surface area contributed by atoms with Crippen molar-refractivity contribution in [2.45, 2.75) is 71.7 Å². The second kappa shape index (κ2) is 13.0. The Labute approximate surface area is 241 Å². The maximum Gasteiger partial charge on any atom is 0.409 e. The zero-order valence-electron chi connectivity index (χ0n) is 24.2. The third-order valence-corrected chi connectivity index (χ3v) is 7.50. The third kappa shape index (κ3) is 7.51. The average molecular weight is 558 g/mol. The van der Waals surface area contributed by atoms with Crippen LogP contribution in [0.15, 0.2) is 72.8 Å². The third-order valence-electron chi connectivity index (χ3n) is 7.50. The van der Waals surface area contributed by atoms with Gasteiger partial charge in [-0.15, -0.1) is 0 Å². The number of nitrogens with one attached hydrogen (secondary N) is 2. The van der Waals surface area contributed by atoms with Crippen molar-refractivity contribution in [1.29, 1.82) is 0 Å². The lowest BCUT2D eigenvalue weighted by atomic mass is 9.93. The van der Waals surface area contributed by atoms with Gasteiger partial charge in [0.2, 0.25) is 5.78 Å². The fraction of sp³-hybridized carbons (Fsp3) is 0.394. The number of nitrogens with zero attached hydrogens (tertiary/aromatic N) is 1. The van der Waals surface area contributed by atoms with Gasteiger partial charge in [0, 0.05) is 18.5 Å². The van der Waals surface area contributed by atoms with Crippen molar-refractivity contribution < 1.29 is 23.9 Å². The summed E-state index contributed by atoms with van der Waals surface area (Å²) < 4.78 is 5.75. The molecule has 1 heterocycles. The lowest BCUT2D eigenvalue weighted by Crippen LogP contribution is -2.49. The molecule has 0 aliphatic carbocycles. The van der Waals surface area contributed by atoms with E-state index in [0.29, 0.717) is 31.4 Å². The Hall–Kier alpha value is -4.20. The second-order valence-corrected chi connectivity index (χ2v) is 11.5. The van der Waals surface area contributed by atoms with Crippen molar-refractivity contribution in [3.8, 4) is 0 Å². The highest BCUT2D eigenvalue weighted by atomic mass is 16.6. The average Bonchev–Trinajstić information content (AvgIpc) is 3.27. The number of unbranched alkanes of at least 4 members (excludes halogenated alkanes) is 1. The number of carbonyl (C=O) groups excluding carboxylic acids is 4. The van der Waals surface area contributed by atoms with Crippen LogP contribution in [-0.4, -0.2) is 47.4 Å². The Morgan fingerprint density at radius 1 is 0.951 bits per heavy atom. The second-order valence-electron chi connectivity index (χ2n) is 11.5. The first kappa shape index (κ1) is 29.8. The number of hydrogen-bond acceptors (Lipinski definition) is 5. The van der Waals surface area contributed by atoms with Crippen LogP contribution in [0.25, 0.3) is 10.8 Å². The summed E-state index contributed by atoms with van der Waals surface area (Å²) in [5, 5.41) is 7.32. The standard InChI is InChI=1S/C33H39N3O5/c1-5-6-16-27(29(37)30(38)34-22(2)23-12-8-7-9-13-23)35-32(40)41-28-20-33(3,4)21-36(28)31(39)26-18-17-24-14-10-11-15-25(24)19-26/h7-15,17-19,22,27-28H,5-6,16,20-21H2,1-4H3,(H,34,38)(H,35,40)/t22-,27+,28?/m1/s1. The van der Waals surface area contributed by atoms with Gasteiger partial charge in [-0.1, -0.05) is 94.3 Å². The van der Waals surface area contributed by atoms with Gasteiger partial charge >= 0.3 is 6.09 Å². The molecule has 0 aromatic heterocycles. The maximum absolute atomic E-state index is 13.6. The maximum atomic E-state index is 13.6. The first-order valence-corrected chi connectivity index (χ1v) is 14.2. The molecule has 1 fully saturated rings. The number of carbonyl (C=O) groups is 4. The molecule has 0 radical (unpaired) electrons. The number of benzene rings is 3. The predicted molar refractivity (Wildman–Crippen MR) is 158 cm³/mol. The summed E-state index contributed by atoms with van der Waals surface area (Å²) in [5.41, 5.74) is 1.10. The molecule has 1 aliphatic heterocycles. The number of fused-ring (bicyclic) bond motifs is 1. The van der Waals surface area contributed by atoms with Gasteiger partial charge in [0.25, 0.3) is 11.8 Å². The van der Waals surface area contributed by atoms with Crippen LogP contribution in [-0.2, 0) is 14.3 Å². The number of ketones is 1. The van der Waals surface area contributed by atoms with E-state index in [9.17, 15) is 19.2 Å². The molecule has 8 heteroatoms. The summed E-state index contributed by atoms with van der Waals surface area (Å²) in [6.45, 7) is 8.20. The van der Waals surface area contributed by atoms with Crippen LogP contribution >= 0.6 is 0 Å².